The summed E-state index contributed by atoms with van der Waals surface area (Å²) < 4.78 is 29.3. The highest BCUT2D eigenvalue weighted by atomic mass is 32.2. The topological polar surface area (TPSA) is 92.5 Å². The van der Waals surface area contributed by atoms with Crippen molar-refractivity contribution in [2.24, 2.45) is 0 Å². The van der Waals surface area contributed by atoms with Gasteiger partial charge in [-0.05, 0) is 50.3 Å². The van der Waals surface area contributed by atoms with Crippen LogP contribution in [0.15, 0.2) is 35.4 Å². The lowest BCUT2D eigenvalue weighted by Crippen LogP contribution is -2.39. The van der Waals surface area contributed by atoms with Crippen LogP contribution in [0, 0.1) is 6.92 Å². The van der Waals surface area contributed by atoms with Crippen LogP contribution >= 0.6 is 0 Å². The van der Waals surface area contributed by atoms with E-state index in [2.05, 4.69) is 5.10 Å². The van der Waals surface area contributed by atoms with Gasteiger partial charge in [-0.15, -0.1) is 0 Å². The quantitative estimate of drug-likeness (QED) is 0.864. The van der Waals surface area contributed by atoms with Gasteiger partial charge in [0.2, 0.25) is 10.0 Å². The zero-order chi connectivity index (χ0) is 18.9. The number of hydrogen-bond acceptors (Lipinski definition) is 4. The molecule has 1 aliphatic heterocycles. The molecule has 0 bridgehead atoms. The van der Waals surface area contributed by atoms with E-state index in [0.717, 1.165) is 18.4 Å². The van der Waals surface area contributed by atoms with Crippen LogP contribution in [0.25, 0.3) is 0 Å². The van der Waals surface area contributed by atoms with Gasteiger partial charge in [0, 0.05) is 19.6 Å². The molecule has 1 saturated heterocycles. The van der Waals surface area contributed by atoms with Gasteiger partial charge in [-0.2, -0.15) is 9.40 Å². The molecule has 2 aromatic rings. The molecule has 1 N–H and O–H groups in total. The molecular weight excluding hydrogens is 354 g/mol. The molecule has 2 heterocycles. The molecular formula is C18H23N3O4S. The second-order valence-electron chi connectivity index (χ2n) is 6.54. The number of carbonyl (C=O) groups is 1. The van der Waals surface area contributed by atoms with Crippen molar-refractivity contribution in [1.29, 1.82) is 0 Å². The number of rotatable bonds is 5. The summed E-state index contributed by atoms with van der Waals surface area (Å²) in [4.78, 5) is 11.3. The Hall–Kier alpha value is -2.19. The molecule has 1 fully saturated rings. The first kappa shape index (κ1) is 18.6. The molecule has 0 amide bonds. The first-order chi connectivity index (χ1) is 12.3. The van der Waals surface area contributed by atoms with Crippen molar-refractivity contribution < 1.29 is 18.3 Å². The summed E-state index contributed by atoms with van der Waals surface area (Å²) in [7, 11) is -3.59. The number of aromatic nitrogens is 2. The SMILES string of the molecule is CCn1ncc(S(=O)(=O)N2CCC[C@@H](c3ccc(C(=O)O)cc3)C2)c1C. The second kappa shape index (κ2) is 7.20. The van der Waals surface area contributed by atoms with Gasteiger partial charge < -0.3 is 5.11 Å². The Kier molecular flexibility index (Phi) is 5.15. The van der Waals surface area contributed by atoms with E-state index in [-0.39, 0.29) is 16.4 Å². The summed E-state index contributed by atoms with van der Waals surface area (Å²) in [6, 6.07) is 6.70. The highest BCUT2D eigenvalue weighted by Gasteiger charge is 2.33. The number of hydrogen-bond donors (Lipinski definition) is 1. The van der Waals surface area contributed by atoms with Gasteiger partial charge >= 0.3 is 5.97 Å². The molecule has 1 atom stereocenters. The third kappa shape index (κ3) is 3.39. The Morgan fingerprint density at radius 1 is 1.31 bits per heavy atom. The first-order valence-corrected chi connectivity index (χ1v) is 10.1. The minimum atomic E-state index is -3.59. The van der Waals surface area contributed by atoms with Gasteiger partial charge in [0.15, 0.2) is 0 Å². The number of aryl methyl sites for hydroxylation is 1. The van der Waals surface area contributed by atoms with Crippen LogP contribution in [0.3, 0.4) is 0 Å². The van der Waals surface area contributed by atoms with E-state index in [1.807, 2.05) is 6.92 Å². The maximum absolute atomic E-state index is 13.1. The van der Waals surface area contributed by atoms with Crippen LogP contribution in [0.1, 0.15) is 47.3 Å². The van der Waals surface area contributed by atoms with Crippen LogP contribution in [0.4, 0.5) is 0 Å². The van der Waals surface area contributed by atoms with E-state index in [4.69, 9.17) is 5.11 Å². The fourth-order valence-corrected chi connectivity index (χ4v) is 5.15. The van der Waals surface area contributed by atoms with Gasteiger partial charge in [-0.25, -0.2) is 13.2 Å². The highest BCUT2D eigenvalue weighted by molar-refractivity contribution is 7.89. The van der Waals surface area contributed by atoms with Crippen LogP contribution in [-0.4, -0.2) is 46.7 Å². The van der Waals surface area contributed by atoms with Gasteiger partial charge in [-0.1, -0.05) is 12.1 Å². The molecule has 140 valence electrons. The van der Waals surface area contributed by atoms with Crippen molar-refractivity contribution in [3.8, 4) is 0 Å². The number of piperidine rings is 1. The number of sulfonamides is 1. The Bertz CT molecular complexity index is 903. The fraction of sp³-hybridized carbons (Fsp3) is 0.444. The zero-order valence-corrected chi connectivity index (χ0v) is 15.7. The van der Waals surface area contributed by atoms with E-state index in [0.29, 0.717) is 25.3 Å². The lowest BCUT2D eigenvalue weighted by atomic mass is 9.91. The minimum Gasteiger partial charge on any atom is -0.478 e. The standard InChI is InChI=1S/C18H23N3O4S/c1-3-21-13(2)17(11-19-21)26(24,25)20-10-4-5-16(12-20)14-6-8-15(9-7-14)18(22)23/h6-9,11,16H,3-5,10,12H2,1-2H3,(H,22,23)/t16-/m1/s1. The average Bonchev–Trinajstić information content (AvgIpc) is 3.03. The Balaban J connectivity index is 1.83. The van der Waals surface area contributed by atoms with Crippen molar-refractivity contribution in [1.82, 2.24) is 14.1 Å². The monoisotopic (exact) mass is 377 g/mol. The molecule has 0 saturated carbocycles. The van der Waals surface area contributed by atoms with E-state index >= 15 is 0 Å². The summed E-state index contributed by atoms with van der Waals surface area (Å²) in [5.74, 6) is -0.907. The summed E-state index contributed by atoms with van der Waals surface area (Å²) in [6.07, 6.45) is 3.08. The van der Waals surface area contributed by atoms with E-state index < -0.39 is 16.0 Å². The zero-order valence-electron chi connectivity index (χ0n) is 14.9. The molecule has 1 aromatic carbocycles. The average molecular weight is 377 g/mol. The van der Waals surface area contributed by atoms with Crippen molar-refractivity contribution in [2.45, 2.75) is 44.0 Å². The first-order valence-electron chi connectivity index (χ1n) is 8.70. The van der Waals surface area contributed by atoms with Crippen molar-refractivity contribution in [2.75, 3.05) is 13.1 Å². The molecule has 1 aliphatic rings. The summed E-state index contributed by atoms with van der Waals surface area (Å²) >= 11 is 0. The largest absolute Gasteiger partial charge is 0.478 e. The number of carboxylic acids is 1. The number of nitrogens with zero attached hydrogens (tertiary/aromatic N) is 3. The van der Waals surface area contributed by atoms with Crippen LogP contribution < -0.4 is 0 Å². The normalized spacial score (nSPS) is 18.8. The Morgan fingerprint density at radius 3 is 2.58 bits per heavy atom. The molecule has 26 heavy (non-hydrogen) atoms. The summed E-state index contributed by atoms with van der Waals surface area (Å²) in [5.41, 5.74) is 1.85. The molecule has 0 unspecified atom stereocenters. The number of benzene rings is 1. The number of carboxylic acid groups (broad SMARTS) is 1. The van der Waals surface area contributed by atoms with Crippen molar-refractivity contribution in [3.05, 3.63) is 47.3 Å². The van der Waals surface area contributed by atoms with Crippen LogP contribution in [0.5, 0.6) is 0 Å². The van der Waals surface area contributed by atoms with E-state index in [1.165, 1.54) is 10.5 Å². The van der Waals surface area contributed by atoms with Crippen LogP contribution in [0.2, 0.25) is 0 Å². The predicted molar refractivity (Wildman–Crippen MR) is 96.8 cm³/mol. The van der Waals surface area contributed by atoms with Gasteiger partial charge in [0.25, 0.3) is 0 Å². The fourth-order valence-electron chi connectivity index (χ4n) is 3.47. The lowest BCUT2D eigenvalue weighted by molar-refractivity contribution is 0.0697. The Labute approximate surface area is 153 Å². The molecule has 0 aliphatic carbocycles. The lowest BCUT2D eigenvalue weighted by Gasteiger charge is -2.32. The molecule has 8 heteroatoms. The third-order valence-corrected chi connectivity index (χ3v) is 6.96. The minimum absolute atomic E-state index is 0.0582. The van der Waals surface area contributed by atoms with Crippen molar-refractivity contribution >= 4 is 16.0 Å². The van der Waals surface area contributed by atoms with E-state index in [9.17, 15) is 13.2 Å². The van der Waals surface area contributed by atoms with Gasteiger partial charge in [0.05, 0.1) is 17.5 Å². The maximum atomic E-state index is 13.1. The molecule has 3 rings (SSSR count). The van der Waals surface area contributed by atoms with Gasteiger partial charge in [-0.3, -0.25) is 4.68 Å². The molecule has 1 aromatic heterocycles. The predicted octanol–water partition coefficient (Wildman–Crippen LogP) is 2.48. The molecule has 0 radical (unpaired) electrons. The number of aromatic carboxylic acids is 1. The highest BCUT2D eigenvalue weighted by Crippen LogP contribution is 2.31. The third-order valence-electron chi connectivity index (χ3n) is 4.99. The van der Waals surface area contributed by atoms with E-state index in [1.54, 1.807) is 35.9 Å². The molecule has 0 spiro atoms. The van der Waals surface area contributed by atoms with Gasteiger partial charge in [0.1, 0.15) is 4.90 Å². The summed E-state index contributed by atoms with van der Waals surface area (Å²) in [5, 5.41) is 13.2. The maximum Gasteiger partial charge on any atom is 0.335 e. The smallest absolute Gasteiger partial charge is 0.335 e. The van der Waals surface area contributed by atoms with Crippen molar-refractivity contribution in [3.63, 3.8) is 0 Å². The Morgan fingerprint density at radius 2 is 2.00 bits per heavy atom. The molecule has 7 nitrogen and oxygen atoms in total. The second-order valence-corrected chi connectivity index (χ2v) is 8.45. The van der Waals surface area contributed by atoms with Crippen LogP contribution in [-0.2, 0) is 16.6 Å². The summed E-state index contributed by atoms with van der Waals surface area (Å²) in [6.45, 7) is 5.21.